The molecule has 2 aromatic heterocycles. The van der Waals surface area contributed by atoms with E-state index < -0.39 is 4.92 Å². The minimum Gasteiger partial charge on any atom is -0.378 e. The zero-order valence-corrected chi connectivity index (χ0v) is 13.6. The van der Waals surface area contributed by atoms with Crippen molar-refractivity contribution in [2.24, 2.45) is 0 Å². The first-order chi connectivity index (χ1) is 12.1. The molecular weight excluding hydrogens is 324 g/mol. The second-order valence-electron chi connectivity index (χ2n) is 5.45. The van der Waals surface area contributed by atoms with Crippen molar-refractivity contribution in [3.63, 3.8) is 0 Å². The van der Waals surface area contributed by atoms with E-state index in [1.807, 2.05) is 19.1 Å². The average molecular weight is 340 g/mol. The Morgan fingerprint density at radius 2 is 2.12 bits per heavy atom. The summed E-state index contributed by atoms with van der Waals surface area (Å²) in [6, 6.07) is 6.78. The monoisotopic (exact) mass is 340 g/mol. The summed E-state index contributed by atoms with van der Waals surface area (Å²) in [5.74, 6) is 0.854. The van der Waals surface area contributed by atoms with E-state index in [2.05, 4.69) is 20.2 Å². The molecule has 0 unspecified atom stereocenters. The Morgan fingerprint density at radius 1 is 1.36 bits per heavy atom. The van der Waals surface area contributed by atoms with Crippen LogP contribution < -0.4 is 10.2 Å². The molecule has 3 heterocycles. The van der Waals surface area contributed by atoms with Crippen molar-refractivity contribution in [3.8, 4) is 6.07 Å². The predicted molar refractivity (Wildman–Crippen MR) is 90.9 cm³/mol. The lowest BCUT2D eigenvalue weighted by Crippen LogP contribution is -2.36. The molecule has 25 heavy (non-hydrogen) atoms. The van der Waals surface area contributed by atoms with Gasteiger partial charge in [0.15, 0.2) is 0 Å². The van der Waals surface area contributed by atoms with Crippen molar-refractivity contribution in [2.75, 3.05) is 36.5 Å². The van der Waals surface area contributed by atoms with Crippen LogP contribution in [0.3, 0.4) is 0 Å². The predicted octanol–water partition coefficient (Wildman–Crippen LogP) is 2.15. The molecular formula is C16H16N6O3. The van der Waals surface area contributed by atoms with Crippen molar-refractivity contribution in [1.82, 2.24) is 9.97 Å². The number of anilines is 3. The van der Waals surface area contributed by atoms with Crippen molar-refractivity contribution in [2.45, 2.75) is 6.92 Å². The molecule has 2 aromatic rings. The van der Waals surface area contributed by atoms with E-state index in [0.29, 0.717) is 24.6 Å². The third-order valence-electron chi connectivity index (χ3n) is 3.89. The van der Waals surface area contributed by atoms with E-state index in [4.69, 9.17) is 10.00 Å². The number of pyridine rings is 2. The largest absolute Gasteiger partial charge is 0.378 e. The Balaban J connectivity index is 1.89. The zero-order chi connectivity index (χ0) is 17.8. The molecule has 1 N–H and O–H groups in total. The molecule has 0 atom stereocenters. The number of nitro groups is 1. The second kappa shape index (κ2) is 7.11. The molecule has 0 spiro atoms. The lowest BCUT2D eigenvalue weighted by atomic mass is 10.2. The van der Waals surface area contributed by atoms with E-state index in [1.54, 1.807) is 6.07 Å². The van der Waals surface area contributed by atoms with E-state index in [1.165, 1.54) is 12.3 Å². The van der Waals surface area contributed by atoms with Gasteiger partial charge in [-0.15, -0.1) is 0 Å². The standard InChI is InChI=1S/C16H16N6O3/c1-11-13(2-3-14(19-11)21-6-8-25-9-7-21)20-16-15(22(23)24)12(10-17)4-5-18-16/h2-5H,6-9H2,1H3,(H,18,20). The number of rotatable bonds is 4. The zero-order valence-electron chi connectivity index (χ0n) is 13.6. The van der Waals surface area contributed by atoms with Crippen molar-refractivity contribution in [1.29, 1.82) is 5.26 Å². The van der Waals surface area contributed by atoms with E-state index in [-0.39, 0.29) is 17.1 Å². The lowest BCUT2D eigenvalue weighted by Gasteiger charge is -2.28. The fourth-order valence-corrected chi connectivity index (χ4v) is 2.60. The maximum Gasteiger partial charge on any atom is 0.329 e. The van der Waals surface area contributed by atoms with Gasteiger partial charge in [-0.1, -0.05) is 0 Å². The summed E-state index contributed by atoms with van der Waals surface area (Å²) in [6.07, 6.45) is 1.36. The van der Waals surface area contributed by atoms with Crippen LogP contribution in [0, 0.1) is 28.4 Å². The van der Waals surface area contributed by atoms with Gasteiger partial charge in [0, 0.05) is 19.3 Å². The highest BCUT2D eigenvalue weighted by Gasteiger charge is 2.22. The molecule has 0 amide bonds. The fourth-order valence-electron chi connectivity index (χ4n) is 2.60. The van der Waals surface area contributed by atoms with Crippen LogP contribution in [-0.2, 0) is 4.74 Å². The molecule has 9 nitrogen and oxygen atoms in total. The highest BCUT2D eigenvalue weighted by atomic mass is 16.6. The Bertz CT molecular complexity index is 842. The first-order valence-electron chi connectivity index (χ1n) is 7.71. The number of ether oxygens (including phenoxy) is 1. The van der Waals surface area contributed by atoms with Crippen LogP contribution in [0.4, 0.5) is 23.0 Å². The van der Waals surface area contributed by atoms with Crippen LogP contribution in [0.5, 0.6) is 0 Å². The first kappa shape index (κ1) is 16.6. The summed E-state index contributed by atoms with van der Waals surface area (Å²) in [4.78, 5) is 21.3. The van der Waals surface area contributed by atoms with Gasteiger partial charge >= 0.3 is 5.69 Å². The third kappa shape index (κ3) is 3.49. The van der Waals surface area contributed by atoms with Crippen molar-refractivity contribution >= 4 is 23.0 Å². The third-order valence-corrected chi connectivity index (χ3v) is 3.89. The topological polar surface area (TPSA) is 117 Å². The highest BCUT2D eigenvalue weighted by Crippen LogP contribution is 2.30. The molecule has 3 rings (SSSR count). The average Bonchev–Trinajstić information content (AvgIpc) is 2.63. The highest BCUT2D eigenvalue weighted by molar-refractivity contribution is 5.71. The quantitative estimate of drug-likeness (QED) is 0.664. The molecule has 1 fully saturated rings. The van der Waals surface area contributed by atoms with Gasteiger partial charge < -0.3 is 15.0 Å². The van der Waals surface area contributed by atoms with Gasteiger partial charge in [-0.25, -0.2) is 9.97 Å². The second-order valence-corrected chi connectivity index (χ2v) is 5.45. The van der Waals surface area contributed by atoms with Crippen molar-refractivity contribution < 1.29 is 9.66 Å². The Labute approximate surface area is 144 Å². The Morgan fingerprint density at radius 3 is 2.76 bits per heavy atom. The normalized spacial score (nSPS) is 14.0. The van der Waals surface area contributed by atoms with Crippen LogP contribution in [0.2, 0.25) is 0 Å². The van der Waals surface area contributed by atoms with Crippen LogP contribution in [0.1, 0.15) is 11.3 Å². The van der Waals surface area contributed by atoms with Gasteiger partial charge in [-0.05, 0) is 25.1 Å². The summed E-state index contributed by atoms with van der Waals surface area (Å²) in [6.45, 7) is 4.69. The summed E-state index contributed by atoms with van der Waals surface area (Å²) in [5.41, 5.74) is 0.893. The fraction of sp³-hybridized carbons (Fsp3) is 0.312. The van der Waals surface area contributed by atoms with Gasteiger partial charge in [-0.2, -0.15) is 5.26 Å². The van der Waals surface area contributed by atoms with Crippen LogP contribution in [0.15, 0.2) is 24.4 Å². The minimum atomic E-state index is -0.612. The van der Waals surface area contributed by atoms with Gasteiger partial charge in [0.05, 0.1) is 29.5 Å². The van der Waals surface area contributed by atoms with Crippen LogP contribution in [-0.4, -0.2) is 41.2 Å². The summed E-state index contributed by atoms with van der Waals surface area (Å²) in [7, 11) is 0. The number of aromatic nitrogens is 2. The number of nitriles is 1. The van der Waals surface area contributed by atoms with Gasteiger partial charge in [0.2, 0.25) is 5.82 Å². The lowest BCUT2D eigenvalue weighted by molar-refractivity contribution is -0.384. The van der Waals surface area contributed by atoms with Crippen molar-refractivity contribution in [3.05, 3.63) is 45.8 Å². The maximum absolute atomic E-state index is 11.3. The molecule has 1 saturated heterocycles. The summed E-state index contributed by atoms with van der Waals surface area (Å²) in [5, 5.41) is 23.2. The molecule has 0 aliphatic carbocycles. The Hall–Kier alpha value is -3.25. The van der Waals surface area contributed by atoms with E-state index in [0.717, 1.165) is 18.9 Å². The molecule has 1 aliphatic heterocycles. The molecule has 0 bridgehead atoms. The summed E-state index contributed by atoms with van der Waals surface area (Å²) < 4.78 is 5.33. The molecule has 128 valence electrons. The van der Waals surface area contributed by atoms with E-state index >= 15 is 0 Å². The molecule has 1 aliphatic rings. The number of aryl methyl sites for hydroxylation is 1. The smallest absolute Gasteiger partial charge is 0.329 e. The number of hydrogen-bond donors (Lipinski definition) is 1. The summed E-state index contributed by atoms with van der Waals surface area (Å²) >= 11 is 0. The minimum absolute atomic E-state index is 0.0214. The number of morpholine rings is 1. The molecule has 0 radical (unpaired) electrons. The molecule has 9 heteroatoms. The van der Waals surface area contributed by atoms with Gasteiger partial charge in [0.1, 0.15) is 17.5 Å². The SMILES string of the molecule is Cc1nc(N2CCOCC2)ccc1Nc1nccc(C#N)c1[N+](=O)[O-]. The van der Waals surface area contributed by atoms with E-state index in [9.17, 15) is 10.1 Å². The molecule has 0 saturated carbocycles. The van der Waals surface area contributed by atoms with Crippen LogP contribution in [0.25, 0.3) is 0 Å². The Kier molecular flexibility index (Phi) is 4.72. The van der Waals surface area contributed by atoms with Gasteiger partial charge in [0.25, 0.3) is 0 Å². The first-order valence-corrected chi connectivity index (χ1v) is 7.71. The maximum atomic E-state index is 11.3. The molecule has 0 aromatic carbocycles. The number of nitrogens with zero attached hydrogens (tertiary/aromatic N) is 5. The number of hydrogen-bond acceptors (Lipinski definition) is 8. The number of nitrogens with one attached hydrogen (secondary N) is 1. The van der Waals surface area contributed by atoms with Gasteiger partial charge in [-0.3, -0.25) is 10.1 Å². The van der Waals surface area contributed by atoms with Crippen LogP contribution >= 0.6 is 0 Å².